The predicted octanol–water partition coefficient (Wildman–Crippen LogP) is 9.13. The third-order valence-electron chi connectivity index (χ3n) is 7.40. The van der Waals surface area contributed by atoms with Gasteiger partial charge in [0.15, 0.2) is 0 Å². The zero-order valence-corrected chi connectivity index (χ0v) is 24.2. The lowest BCUT2D eigenvalue weighted by molar-refractivity contribution is -0.786. The maximum atomic E-state index is 12.9. The Labute approximate surface area is 249 Å². The number of aromatic hydroxyl groups is 1. The molecule has 0 saturated heterocycles. The van der Waals surface area contributed by atoms with Crippen LogP contribution >= 0.6 is 0 Å². The molecule has 1 aliphatic heterocycles. The highest BCUT2D eigenvalue weighted by Crippen LogP contribution is 2.38. The summed E-state index contributed by atoms with van der Waals surface area (Å²) in [4.78, 5) is 15.4. The van der Waals surface area contributed by atoms with E-state index >= 15 is 0 Å². The van der Waals surface area contributed by atoms with Crippen molar-refractivity contribution in [1.82, 2.24) is 0 Å². The van der Waals surface area contributed by atoms with E-state index < -0.39 is 11.7 Å². The predicted molar refractivity (Wildman–Crippen MR) is 162 cm³/mol. The normalized spacial score (nSPS) is 13.7. The van der Waals surface area contributed by atoms with Crippen LogP contribution in [0.15, 0.2) is 83.9 Å². The van der Waals surface area contributed by atoms with E-state index in [1.54, 1.807) is 12.4 Å². The standard InChI is InChI=1S/C35H33F3N2O3/c1-24-12-14-26(15-13-24)22-39-31-21-25(2)20-29(33(31)41)9-6-4-3-5-8-28-10-7-11-32-34(28)42-43-40(32)23-27-16-18-30(19-17-27)35(36,37)38/h7,10-23H,3-6,8-9H2,1-2H3/p+1/b39-22?,40-23+. The summed E-state index contributed by atoms with van der Waals surface area (Å²) in [5.41, 5.74) is 6.29. The van der Waals surface area contributed by atoms with Crippen molar-refractivity contribution in [3.63, 3.8) is 0 Å². The molecular weight excluding hydrogens is 553 g/mol. The lowest BCUT2D eigenvalue weighted by atomic mass is 10.0. The molecule has 0 aliphatic carbocycles. The number of para-hydroxylation sites is 1. The minimum absolute atomic E-state index is 0.239. The molecular formula is C35H34F3N2O3+. The van der Waals surface area contributed by atoms with Crippen LogP contribution in [0.1, 0.15) is 64.6 Å². The molecule has 4 aromatic carbocycles. The van der Waals surface area contributed by atoms with Crippen molar-refractivity contribution >= 4 is 23.8 Å². The van der Waals surface area contributed by atoms with Gasteiger partial charge in [-0.15, -0.1) is 0 Å². The van der Waals surface area contributed by atoms with E-state index in [9.17, 15) is 18.3 Å². The van der Waals surface area contributed by atoms with Gasteiger partial charge >= 0.3 is 11.9 Å². The first-order valence-corrected chi connectivity index (χ1v) is 14.4. The molecule has 0 atom stereocenters. The topological polar surface area (TPSA) is 54.1 Å². The number of nitrogens with zero attached hydrogens (tertiary/aromatic N) is 2. The Morgan fingerprint density at radius 3 is 2.16 bits per heavy atom. The molecule has 0 saturated carbocycles. The van der Waals surface area contributed by atoms with Crippen molar-refractivity contribution < 1.29 is 32.9 Å². The van der Waals surface area contributed by atoms with Gasteiger partial charge in [0.1, 0.15) is 11.4 Å². The van der Waals surface area contributed by atoms with Crippen LogP contribution in [0.2, 0.25) is 0 Å². The van der Waals surface area contributed by atoms with Crippen LogP contribution in [0.5, 0.6) is 11.5 Å². The lowest BCUT2D eigenvalue weighted by Crippen LogP contribution is -2.06. The molecule has 1 aliphatic rings. The number of rotatable bonds is 10. The van der Waals surface area contributed by atoms with Crippen molar-refractivity contribution in [2.75, 3.05) is 0 Å². The van der Waals surface area contributed by atoms with E-state index in [0.29, 0.717) is 22.7 Å². The quantitative estimate of drug-likeness (QED) is 0.0871. The van der Waals surface area contributed by atoms with Gasteiger partial charge in [-0.05, 0) is 91.5 Å². The summed E-state index contributed by atoms with van der Waals surface area (Å²) in [6.45, 7) is 4.06. The summed E-state index contributed by atoms with van der Waals surface area (Å²) in [6, 6.07) is 22.6. The number of halogens is 3. The number of hydrogen-bond acceptors (Lipinski definition) is 4. The summed E-state index contributed by atoms with van der Waals surface area (Å²) < 4.78 is 40.0. The van der Waals surface area contributed by atoms with Gasteiger partial charge in [0.2, 0.25) is 6.21 Å². The molecule has 4 aromatic rings. The Bertz CT molecular complexity index is 1630. The molecule has 5 nitrogen and oxygen atoms in total. The first-order valence-electron chi connectivity index (χ1n) is 14.4. The Hall–Kier alpha value is -4.59. The van der Waals surface area contributed by atoms with Crippen LogP contribution < -0.4 is 4.89 Å². The average molecular weight is 588 g/mol. The van der Waals surface area contributed by atoms with Crippen LogP contribution in [0, 0.1) is 13.8 Å². The average Bonchev–Trinajstić information content (AvgIpc) is 3.39. The zero-order valence-electron chi connectivity index (χ0n) is 24.2. The van der Waals surface area contributed by atoms with Gasteiger partial charge in [-0.2, -0.15) is 13.2 Å². The molecule has 43 heavy (non-hydrogen) atoms. The Balaban J connectivity index is 1.13. The fraction of sp³-hybridized carbons (Fsp3) is 0.257. The monoisotopic (exact) mass is 587 g/mol. The minimum Gasteiger partial charge on any atom is -0.505 e. The molecule has 0 spiro atoms. The summed E-state index contributed by atoms with van der Waals surface area (Å²) in [6.07, 6.45) is 4.48. The van der Waals surface area contributed by atoms with E-state index in [4.69, 9.17) is 9.88 Å². The van der Waals surface area contributed by atoms with Crippen LogP contribution in [-0.2, 0) is 24.0 Å². The van der Waals surface area contributed by atoms with Crippen molar-refractivity contribution in [1.29, 1.82) is 0 Å². The second-order valence-corrected chi connectivity index (χ2v) is 10.9. The largest absolute Gasteiger partial charge is 0.505 e. The van der Waals surface area contributed by atoms with Crippen LogP contribution in [0.4, 0.5) is 24.5 Å². The first-order chi connectivity index (χ1) is 20.7. The number of aliphatic imine (C=N–C) groups is 1. The summed E-state index contributed by atoms with van der Waals surface area (Å²) in [5, 5.41) is 10.8. The van der Waals surface area contributed by atoms with Crippen LogP contribution in [0.25, 0.3) is 0 Å². The van der Waals surface area contributed by atoms with Gasteiger partial charge in [0.05, 0.1) is 10.3 Å². The molecule has 8 heteroatoms. The third kappa shape index (κ3) is 7.63. The third-order valence-corrected chi connectivity index (χ3v) is 7.40. The Morgan fingerprint density at radius 1 is 0.791 bits per heavy atom. The number of phenols is 1. The number of fused-ring (bicyclic) bond motifs is 1. The van der Waals surface area contributed by atoms with Crippen molar-refractivity contribution in [2.45, 2.75) is 58.5 Å². The Kier molecular flexibility index (Phi) is 9.14. The molecule has 1 N–H and O–H groups in total. The molecule has 5 rings (SSSR count). The number of unbranched alkanes of at least 4 members (excludes halogenated alkanes) is 3. The number of hydrogen-bond donors (Lipinski definition) is 1. The van der Waals surface area contributed by atoms with Crippen LogP contribution in [-0.4, -0.2) is 22.3 Å². The molecule has 1 heterocycles. The molecule has 222 valence electrons. The highest BCUT2D eigenvalue weighted by molar-refractivity contribution is 5.83. The Morgan fingerprint density at radius 2 is 1.47 bits per heavy atom. The smallest absolute Gasteiger partial charge is 0.416 e. The van der Waals surface area contributed by atoms with Gasteiger partial charge < -0.3 is 5.11 Å². The number of benzene rings is 4. The fourth-order valence-electron chi connectivity index (χ4n) is 5.04. The van der Waals surface area contributed by atoms with Crippen LogP contribution in [0.3, 0.4) is 0 Å². The van der Waals surface area contributed by atoms with Crippen molar-refractivity contribution in [3.05, 3.63) is 118 Å². The maximum Gasteiger partial charge on any atom is 0.416 e. The van der Waals surface area contributed by atoms with Gasteiger partial charge in [-0.25, -0.2) is 4.89 Å². The fourth-order valence-corrected chi connectivity index (χ4v) is 5.04. The van der Waals surface area contributed by atoms with Crippen molar-refractivity contribution in [3.8, 4) is 11.5 Å². The molecule has 0 radical (unpaired) electrons. The maximum absolute atomic E-state index is 12.9. The van der Waals surface area contributed by atoms with E-state index in [1.807, 2.05) is 68.4 Å². The van der Waals surface area contributed by atoms with Gasteiger partial charge in [-0.3, -0.25) is 4.99 Å². The second kappa shape index (κ2) is 13.2. The molecule has 0 unspecified atom stereocenters. The van der Waals surface area contributed by atoms with E-state index in [2.05, 4.69) is 4.99 Å². The summed E-state index contributed by atoms with van der Waals surface area (Å²) in [7, 11) is 0. The number of aryl methyl sites for hydroxylation is 4. The van der Waals surface area contributed by atoms with Crippen molar-refractivity contribution in [2.24, 2.45) is 4.99 Å². The van der Waals surface area contributed by atoms with E-state index in [1.165, 1.54) is 22.4 Å². The number of phenolic OH excluding ortho intramolecular Hbond substituents is 1. The second-order valence-electron chi connectivity index (χ2n) is 10.9. The molecule has 0 bridgehead atoms. The number of alkyl halides is 3. The highest BCUT2D eigenvalue weighted by atomic mass is 19.4. The summed E-state index contributed by atoms with van der Waals surface area (Å²) in [5.74, 6) is 0.859. The minimum atomic E-state index is -4.38. The van der Waals surface area contributed by atoms with E-state index in [-0.39, 0.29) is 5.75 Å². The lowest BCUT2D eigenvalue weighted by Gasteiger charge is -2.09. The van der Waals surface area contributed by atoms with Gasteiger partial charge in [-0.1, -0.05) is 60.9 Å². The SMILES string of the molecule is Cc1ccc(C=Nc2cc(C)cc(CCCCCCc3cccc4c3OO/[N+]4=C/c3ccc(C(F)(F)F)cc3)c2O)cc1. The molecule has 0 aromatic heterocycles. The van der Waals surface area contributed by atoms with E-state index in [0.717, 1.165) is 72.9 Å². The van der Waals surface area contributed by atoms with Gasteiger partial charge in [0.25, 0.3) is 5.75 Å². The molecule has 0 amide bonds. The van der Waals surface area contributed by atoms with Gasteiger partial charge in [0, 0.05) is 23.4 Å². The zero-order chi connectivity index (χ0) is 30.4. The first kappa shape index (κ1) is 29.9. The highest BCUT2D eigenvalue weighted by Gasteiger charge is 2.33. The molecule has 0 fully saturated rings. The summed E-state index contributed by atoms with van der Waals surface area (Å²) >= 11 is 0.